The molecule has 0 heterocycles. The third kappa shape index (κ3) is 4.56. The number of hydrogen-bond acceptors (Lipinski definition) is 0. The Kier molecular flexibility index (Phi) is 6.24. The molecule has 0 N–H and O–H groups in total. The van der Waals surface area contributed by atoms with E-state index in [-0.39, 0.29) is 0 Å². The molecule has 0 saturated carbocycles. The second-order valence-electron chi connectivity index (χ2n) is 1.49. The molecule has 0 spiro atoms. The van der Waals surface area contributed by atoms with Crippen LogP contribution in [0.4, 0.5) is 0 Å². The maximum atomic E-state index is 4.61. The SMILES string of the molecule is [CH2-]c1ccccc1.[Cl][Pt]. The van der Waals surface area contributed by atoms with Crippen LogP contribution in [0.3, 0.4) is 0 Å². The summed E-state index contributed by atoms with van der Waals surface area (Å²) in [5, 5.41) is 0. The van der Waals surface area contributed by atoms with Crippen molar-refractivity contribution in [1.29, 1.82) is 0 Å². The summed E-state index contributed by atoms with van der Waals surface area (Å²) in [6.07, 6.45) is 0. The predicted molar refractivity (Wildman–Crippen MR) is 36.8 cm³/mol. The van der Waals surface area contributed by atoms with Crippen molar-refractivity contribution in [2.75, 3.05) is 0 Å². The molecule has 0 unspecified atom stereocenters. The van der Waals surface area contributed by atoms with Gasteiger partial charge in [0.1, 0.15) is 0 Å². The van der Waals surface area contributed by atoms with Gasteiger partial charge in [-0.2, -0.15) is 24.6 Å². The first-order valence-electron chi connectivity index (χ1n) is 2.38. The van der Waals surface area contributed by atoms with E-state index in [1.165, 1.54) is 0 Å². The summed E-state index contributed by atoms with van der Waals surface area (Å²) in [4.78, 5) is 0. The van der Waals surface area contributed by atoms with Gasteiger partial charge in [0.2, 0.25) is 0 Å². The van der Waals surface area contributed by atoms with Crippen LogP contribution in [0, 0.1) is 6.92 Å². The Morgan fingerprint density at radius 3 is 1.78 bits per heavy atom. The number of hydrogen-bond donors (Lipinski definition) is 0. The van der Waals surface area contributed by atoms with Gasteiger partial charge in [-0.15, -0.1) is 12.1 Å². The first-order chi connectivity index (χ1) is 4.39. The predicted octanol–water partition coefficient (Wildman–Crippen LogP) is 2.56. The van der Waals surface area contributed by atoms with Crippen molar-refractivity contribution in [3.8, 4) is 0 Å². The zero-order valence-electron chi connectivity index (χ0n) is 4.79. The average molecular weight is 322 g/mol. The third-order valence-electron chi connectivity index (χ3n) is 0.843. The van der Waals surface area contributed by atoms with Gasteiger partial charge in [-0.05, 0) is 0 Å². The zero-order chi connectivity index (χ0) is 7.11. The Hall–Kier alpha value is 0.0683. The van der Waals surface area contributed by atoms with Crippen LogP contribution in [0.2, 0.25) is 0 Å². The molecule has 0 aromatic heterocycles. The number of halogens is 1. The first kappa shape index (κ1) is 9.07. The second kappa shape index (κ2) is 6.19. The Balaban J connectivity index is 0.000000291. The average Bonchev–Trinajstić information content (AvgIpc) is 1.94. The van der Waals surface area contributed by atoms with E-state index in [1.807, 2.05) is 30.3 Å². The molecule has 0 amide bonds. The Morgan fingerprint density at radius 2 is 1.56 bits per heavy atom. The van der Waals surface area contributed by atoms with E-state index in [0.717, 1.165) is 5.56 Å². The number of benzene rings is 1. The van der Waals surface area contributed by atoms with Gasteiger partial charge in [-0.25, -0.2) is 0 Å². The van der Waals surface area contributed by atoms with Gasteiger partial charge in [0.15, 0.2) is 0 Å². The first-order valence-corrected chi connectivity index (χ1v) is 5.20. The van der Waals surface area contributed by atoms with Crippen molar-refractivity contribution in [2.45, 2.75) is 0 Å². The Bertz CT molecular complexity index is 139. The van der Waals surface area contributed by atoms with Gasteiger partial charge in [-0.1, -0.05) is 6.07 Å². The summed E-state index contributed by atoms with van der Waals surface area (Å²) in [6, 6.07) is 9.87. The fourth-order valence-electron chi connectivity index (χ4n) is 0.478. The molecule has 9 heavy (non-hydrogen) atoms. The normalized spacial score (nSPS) is 7.44. The Labute approximate surface area is 71.1 Å². The van der Waals surface area contributed by atoms with Gasteiger partial charge in [0, 0.05) is 0 Å². The molecule has 0 saturated heterocycles. The molecule has 1 aromatic carbocycles. The topological polar surface area (TPSA) is 0 Å². The minimum absolute atomic E-state index is 1.07. The standard InChI is InChI=1S/C7H7.ClH.Pt/c1-7-5-3-2-4-6-7;;/h2-6H,1H2;1H;/q-1;;+1/p-1. The van der Waals surface area contributed by atoms with Crippen molar-refractivity contribution < 1.29 is 18.8 Å². The van der Waals surface area contributed by atoms with Crippen LogP contribution in [-0.2, 0) is 18.8 Å². The van der Waals surface area contributed by atoms with Crippen molar-refractivity contribution in [2.24, 2.45) is 0 Å². The molecule has 0 aliphatic rings. The van der Waals surface area contributed by atoms with E-state index in [1.54, 1.807) is 18.8 Å². The van der Waals surface area contributed by atoms with Crippen molar-refractivity contribution in [3.05, 3.63) is 42.8 Å². The van der Waals surface area contributed by atoms with E-state index in [2.05, 4.69) is 16.3 Å². The molecular weight excluding hydrogens is 315 g/mol. The van der Waals surface area contributed by atoms with Crippen LogP contribution in [-0.4, -0.2) is 0 Å². The molecule has 0 aliphatic heterocycles. The van der Waals surface area contributed by atoms with Crippen LogP contribution in [0.15, 0.2) is 30.3 Å². The maximum absolute atomic E-state index is 4.61. The van der Waals surface area contributed by atoms with Gasteiger partial charge in [0.05, 0.1) is 0 Å². The zero-order valence-corrected chi connectivity index (χ0v) is 7.82. The van der Waals surface area contributed by atoms with Crippen LogP contribution in [0.1, 0.15) is 5.56 Å². The number of rotatable bonds is 0. The van der Waals surface area contributed by atoms with Crippen LogP contribution in [0.25, 0.3) is 0 Å². The van der Waals surface area contributed by atoms with E-state index in [4.69, 9.17) is 0 Å². The van der Waals surface area contributed by atoms with Crippen molar-refractivity contribution in [3.63, 3.8) is 0 Å². The van der Waals surface area contributed by atoms with E-state index in [0.29, 0.717) is 0 Å². The van der Waals surface area contributed by atoms with Crippen LogP contribution in [0.5, 0.6) is 0 Å². The Morgan fingerprint density at radius 1 is 1.11 bits per heavy atom. The summed E-state index contributed by atoms with van der Waals surface area (Å²) in [5.74, 6) is 0. The van der Waals surface area contributed by atoms with Gasteiger partial charge < -0.3 is 0 Å². The van der Waals surface area contributed by atoms with Crippen LogP contribution < -0.4 is 0 Å². The molecule has 1 rings (SSSR count). The molecule has 0 aliphatic carbocycles. The van der Waals surface area contributed by atoms with E-state index in [9.17, 15) is 0 Å². The minimum atomic E-state index is 1.07. The van der Waals surface area contributed by atoms with Crippen molar-refractivity contribution in [1.82, 2.24) is 0 Å². The molecular formula is C7H7ClPt-. The summed E-state index contributed by atoms with van der Waals surface area (Å²) >= 11 is 1.61. The molecule has 0 radical (unpaired) electrons. The molecule has 0 nitrogen and oxygen atoms in total. The van der Waals surface area contributed by atoms with Gasteiger partial charge >= 0.3 is 28.2 Å². The summed E-state index contributed by atoms with van der Waals surface area (Å²) < 4.78 is 0. The molecule has 0 atom stereocenters. The molecule has 53 valence electrons. The van der Waals surface area contributed by atoms with E-state index >= 15 is 0 Å². The molecule has 2 heteroatoms. The van der Waals surface area contributed by atoms with Gasteiger partial charge in [-0.3, -0.25) is 0 Å². The molecule has 0 fully saturated rings. The van der Waals surface area contributed by atoms with Gasteiger partial charge in [0.25, 0.3) is 0 Å². The quantitative estimate of drug-likeness (QED) is 0.644. The summed E-state index contributed by atoms with van der Waals surface area (Å²) in [7, 11) is 4.61. The molecule has 0 bridgehead atoms. The summed E-state index contributed by atoms with van der Waals surface area (Å²) in [6.45, 7) is 3.72. The molecule has 1 aromatic rings. The third-order valence-corrected chi connectivity index (χ3v) is 0.843. The fraction of sp³-hybridized carbons (Fsp3) is 0. The second-order valence-corrected chi connectivity index (χ2v) is 1.49. The van der Waals surface area contributed by atoms with Crippen molar-refractivity contribution >= 4 is 9.42 Å². The van der Waals surface area contributed by atoms with Crippen LogP contribution >= 0.6 is 9.42 Å². The van der Waals surface area contributed by atoms with E-state index < -0.39 is 0 Å². The summed E-state index contributed by atoms with van der Waals surface area (Å²) in [5.41, 5.74) is 1.07. The fourth-order valence-corrected chi connectivity index (χ4v) is 0.478. The monoisotopic (exact) mass is 321 g/mol.